The molecule has 0 spiro atoms. The van der Waals surface area contributed by atoms with E-state index >= 15 is 0 Å². The minimum atomic E-state index is -4.44. The molecule has 1 amide bonds. The summed E-state index contributed by atoms with van der Waals surface area (Å²) >= 11 is 0. The number of pyridine rings is 1. The van der Waals surface area contributed by atoms with E-state index < -0.39 is 21.8 Å². The number of piperidine rings is 1. The van der Waals surface area contributed by atoms with E-state index in [0.29, 0.717) is 48.6 Å². The molecule has 1 saturated heterocycles. The normalized spacial score (nSPS) is 15.7. The van der Waals surface area contributed by atoms with Gasteiger partial charge in [0.15, 0.2) is 0 Å². The molecular formula is C20H23F3N4O3S. The number of aryl methyl sites for hydroxylation is 2. The van der Waals surface area contributed by atoms with Crippen molar-refractivity contribution in [3.05, 3.63) is 47.2 Å². The molecule has 3 rings (SSSR count). The summed E-state index contributed by atoms with van der Waals surface area (Å²) < 4.78 is 61.6. The zero-order valence-electron chi connectivity index (χ0n) is 17.0. The number of aromatic nitrogens is 1. The van der Waals surface area contributed by atoms with Crippen LogP contribution in [0.1, 0.15) is 29.5 Å². The molecule has 1 aliphatic heterocycles. The molecular weight excluding hydrogens is 433 g/mol. The number of anilines is 2. The van der Waals surface area contributed by atoms with Crippen LogP contribution in [0.3, 0.4) is 0 Å². The fourth-order valence-electron chi connectivity index (χ4n) is 3.55. The van der Waals surface area contributed by atoms with E-state index in [-0.39, 0.29) is 16.7 Å². The summed E-state index contributed by atoms with van der Waals surface area (Å²) in [5.41, 5.74) is 0.704. The van der Waals surface area contributed by atoms with Gasteiger partial charge in [0, 0.05) is 30.9 Å². The molecule has 7 nitrogen and oxygen atoms in total. The molecule has 0 saturated carbocycles. The maximum Gasteiger partial charge on any atom is 0.417 e. The predicted octanol–water partition coefficient (Wildman–Crippen LogP) is 3.22. The molecule has 0 unspecified atom stereocenters. The number of carbonyl (C=O) groups excluding carboxylic acids is 1. The summed E-state index contributed by atoms with van der Waals surface area (Å²) in [7, 11) is -3.89. The molecule has 2 aromatic rings. The molecule has 0 radical (unpaired) electrons. The Kier molecular flexibility index (Phi) is 6.28. The third kappa shape index (κ3) is 5.34. The van der Waals surface area contributed by atoms with Gasteiger partial charge in [0.25, 0.3) is 0 Å². The summed E-state index contributed by atoms with van der Waals surface area (Å²) in [5.74, 6) is -0.0847. The highest BCUT2D eigenvalue weighted by Crippen LogP contribution is 2.32. The van der Waals surface area contributed by atoms with Crippen molar-refractivity contribution >= 4 is 27.4 Å². The monoisotopic (exact) mass is 456 g/mol. The van der Waals surface area contributed by atoms with E-state index in [0.717, 1.165) is 12.3 Å². The number of nitrogens with one attached hydrogen (secondary N) is 1. The minimum Gasteiger partial charge on any atom is -0.356 e. The van der Waals surface area contributed by atoms with Crippen molar-refractivity contribution in [2.75, 3.05) is 23.3 Å². The van der Waals surface area contributed by atoms with Gasteiger partial charge in [-0.15, -0.1) is 0 Å². The molecule has 1 aromatic carbocycles. The molecule has 1 fully saturated rings. The fourth-order valence-corrected chi connectivity index (χ4v) is 4.09. The number of carbonyl (C=O) groups is 1. The van der Waals surface area contributed by atoms with Crippen LogP contribution in [0, 0.1) is 19.8 Å². The molecule has 2 heterocycles. The Morgan fingerprint density at radius 2 is 1.81 bits per heavy atom. The Morgan fingerprint density at radius 1 is 1.16 bits per heavy atom. The van der Waals surface area contributed by atoms with E-state index in [1.54, 1.807) is 19.9 Å². The minimum absolute atomic E-state index is 0.0907. The third-order valence-electron chi connectivity index (χ3n) is 5.34. The number of nitrogens with two attached hydrogens (primary N) is 1. The topological polar surface area (TPSA) is 105 Å². The van der Waals surface area contributed by atoms with Crippen molar-refractivity contribution in [3.63, 3.8) is 0 Å². The molecule has 0 aliphatic carbocycles. The molecule has 0 bridgehead atoms. The van der Waals surface area contributed by atoms with Crippen LogP contribution < -0.4 is 15.4 Å². The van der Waals surface area contributed by atoms with Crippen molar-refractivity contribution in [2.45, 2.75) is 37.8 Å². The SMILES string of the molecule is Cc1ccc(S(N)(=O)=O)cc1NC(=O)C1CCN(c2ncc(C(F)(F)F)cc2C)CC1. The Bertz CT molecular complexity index is 1100. The first-order valence-corrected chi connectivity index (χ1v) is 11.1. The van der Waals surface area contributed by atoms with Gasteiger partial charge in [0.2, 0.25) is 15.9 Å². The lowest BCUT2D eigenvalue weighted by Crippen LogP contribution is -2.39. The lowest BCUT2D eigenvalue weighted by atomic mass is 9.95. The zero-order chi connectivity index (χ0) is 23.0. The van der Waals surface area contributed by atoms with Gasteiger partial charge >= 0.3 is 6.18 Å². The predicted molar refractivity (Wildman–Crippen MR) is 110 cm³/mol. The van der Waals surface area contributed by atoms with E-state index in [4.69, 9.17) is 5.14 Å². The lowest BCUT2D eigenvalue weighted by Gasteiger charge is -2.33. The molecule has 31 heavy (non-hydrogen) atoms. The molecule has 11 heteroatoms. The molecule has 0 atom stereocenters. The summed E-state index contributed by atoms with van der Waals surface area (Å²) in [6.45, 7) is 4.25. The first kappa shape index (κ1) is 23.0. The van der Waals surface area contributed by atoms with Crippen molar-refractivity contribution in [3.8, 4) is 0 Å². The number of sulfonamides is 1. The van der Waals surface area contributed by atoms with Crippen LogP contribution in [-0.4, -0.2) is 32.4 Å². The highest BCUT2D eigenvalue weighted by atomic mass is 32.2. The summed E-state index contributed by atoms with van der Waals surface area (Å²) in [6, 6.07) is 5.34. The number of halogens is 3. The van der Waals surface area contributed by atoms with E-state index in [2.05, 4.69) is 10.3 Å². The van der Waals surface area contributed by atoms with Gasteiger partial charge in [0.05, 0.1) is 10.5 Å². The van der Waals surface area contributed by atoms with Crippen LogP contribution in [0.2, 0.25) is 0 Å². The Morgan fingerprint density at radius 3 is 2.35 bits per heavy atom. The quantitative estimate of drug-likeness (QED) is 0.735. The number of benzene rings is 1. The maximum atomic E-state index is 12.8. The van der Waals surface area contributed by atoms with Gasteiger partial charge in [-0.05, 0) is 56.0 Å². The Balaban J connectivity index is 1.66. The van der Waals surface area contributed by atoms with Crippen LogP contribution in [0.25, 0.3) is 0 Å². The number of nitrogens with zero attached hydrogens (tertiary/aromatic N) is 2. The van der Waals surface area contributed by atoms with Crippen LogP contribution in [-0.2, 0) is 21.0 Å². The highest BCUT2D eigenvalue weighted by Gasteiger charge is 2.32. The smallest absolute Gasteiger partial charge is 0.356 e. The van der Waals surface area contributed by atoms with E-state index in [9.17, 15) is 26.4 Å². The number of amides is 1. The van der Waals surface area contributed by atoms with Gasteiger partial charge in [-0.3, -0.25) is 4.79 Å². The van der Waals surface area contributed by atoms with Gasteiger partial charge in [-0.1, -0.05) is 6.07 Å². The summed E-state index contributed by atoms with van der Waals surface area (Å²) in [4.78, 5) is 18.5. The lowest BCUT2D eigenvalue weighted by molar-refractivity contribution is -0.137. The first-order chi connectivity index (χ1) is 14.4. The largest absolute Gasteiger partial charge is 0.417 e. The standard InChI is InChI=1S/C20H23F3N4O3S/c1-12-3-4-16(31(24,29)30)10-17(12)26-19(28)14-5-7-27(8-6-14)18-13(2)9-15(11-25-18)20(21,22)23/h3-4,9-11,14H,5-8H2,1-2H3,(H,26,28)(H2,24,29,30). The van der Waals surface area contributed by atoms with Crippen LogP contribution in [0.4, 0.5) is 24.7 Å². The van der Waals surface area contributed by atoms with Gasteiger partial charge in [0.1, 0.15) is 5.82 Å². The van der Waals surface area contributed by atoms with Gasteiger partial charge in [-0.25, -0.2) is 18.5 Å². The highest BCUT2D eigenvalue weighted by molar-refractivity contribution is 7.89. The number of primary sulfonamides is 1. The molecule has 3 N–H and O–H groups in total. The third-order valence-corrected chi connectivity index (χ3v) is 6.25. The van der Waals surface area contributed by atoms with Gasteiger partial charge < -0.3 is 10.2 Å². The van der Waals surface area contributed by atoms with Crippen molar-refractivity contribution < 1.29 is 26.4 Å². The molecule has 168 valence electrons. The first-order valence-electron chi connectivity index (χ1n) is 9.59. The maximum absolute atomic E-state index is 12.8. The second-order valence-corrected chi connectivity index (χ2v) is 9.20. The number of alkyl halides is 3. The second-order valence-electron chi connectivity index (χ2n) is 7.63. The molecule has 1 aromatic heterocycles. The van der Waals surface area contributed by atoms with E-state index in [1.807, 2.05) is 4.90 Å². The second kappa shape index (κ2) is 8.46. The van der Waals surface area contributed by atoms with Crippen LogP contribution in [0.15, 0.2) is 35.4 Å². The average molecular weight is 456 g/mol. The van der Waals surface area contributed by atoms with Crippen LogP contribution >= 0.6 is 0 Å². The summed E-state index contributed by atoms with van der Waals surface area (Å²) in [6.07, 6.45) is -2.65. The van der Waals surface area contributed by atoms with Crippen molar-refractivity contribution in [1.29, 1.82) is 0 Å². The fraction of sp³-hybridized carbons (Fsp3) is 0.400. The molecule has 1 aliphatic rings. The number of hydrogen-bond acceptors (Lipinski definition) is 5. The van der Waals surface area contributed by atoms with Crippen molar-refractivity contribution in [1.82, 2.24) is 4.98 Å². The van der Waals surface area contributed by atoms with Gasteiger partial charge in [-0.2, -0.15) is 13.2 Å². The average Bonchev–Trinajstić information content (AvgIpc) is 2.68. The van der Waals surface area contributed by atoms with E-state index in [1.165, 1.54) is 12.1 Å². The number of hydrogen-bond donors (Lipinski definition) is 2. The summed E-state index contributed by atoms with van der Waals surface area (Å²) in [5, 5.41) is 7.92. The van der Waals surface area contributed by atoms with Crippen molar-refractivity contribution in [2.24, 2.45) is 11.1 Å². The Hall–Kier alpha value is -2.66. The number of rotatable bonds is 4. The Labute approximate surface area is 178 Å². The zero-order valence-corrected chi connectivity index (χ0v) is 17.8. The van der Waals surface area contributed by atoms with Crippen LogP contribution in [0.5, 0.6) is 0 Å².